The zero-order valence-electron chi connectivity index (χ0n) is 11.8. The van der Waals surface area contributed by atoms with Gasteiger partial charge in [0, 0.05) is 6.54 Å². The van der Waals surface area contributed by atoms with Crippen LogP contribution in [0.5, 0.6) is 0 Å². The molecule has 0 atom stereocenters. The number of carbonyl (C=O) groups is 1. The van der Waals surface area contributed by atoms with Gasteiger partial charge in [0.25, 0.3) is 0 Å². The fraction of sp³-hybridized carbons (Fsp3) is 0.462. The molecule has 0 aliphatic carbocycles. The average Bonchev–Trinajstić information content (AvgIpc) is 2.33. The van der Waals surface area contributed by atoms with E-state index in [0.717, 1.165) is 12.2 Å². The number of carboxylic acids is 1. The monoisotopic (exact) mass is 317 g/mol. The molecule has 0 aromatic heterocycles. The Bertz CT molecular complexity index is 597. The molecule has 20 heavy (non-hydrogen) atoms. The predicted molar refractivity (Wildman–Crippen MR) is 81.1 cm³/mol. The summed E-state index contributed by atoms with van der Waals surface area (Å²) >= 11 is 1.65. The molecule has 0 bridgehead atoms. The number of aromatic carboxylic acids is 1. The SMILES string of the molecule is CSCCCNS(=O)(=O)c1cc(C(=O)O)c(C)cc1C. The van der Waals surface area contributed by atoms with Crippen LogP contribution in [0.2, 0.25) is 0 Å². The van der Waals surface area contributed by atoms with Gasteiger partial charge in [-0.3, -0.25) is 0 Å². The van der Waals surface area contributed by atoms with E-state index in [1.807, 2.05) is 6.26 Å². The van der Waals surface area contributed by atoms with Crippen LogP contribution < -0.4 is 4.72 Å². The number of hydrogen-bond acceptors (Lipinski definition) is 4. The van der Waals surface area contributed by atoms with E-state index in [2.05, 4.69) is 4.72 Å². The van der Waals surface area contributed by atoms with Crippen LogP contribution in [-0.4, -0.2) is 38.0 Å². The summed E-state index contributed by atoms with van der Waals surface area (Å²) in [7, 11) is -3.67. The van der Waals surface area contributed by atoms with E-state index in [4.69, 9.17) is 5.11 Å². The van der Waals surface area contributed by atoms with E-state index in [-0.39, 0.29) is 10.5 Å². The molecule has 0 amide bonds. The van der Waals surface area contributed by atoms with Crippen LogP contribution in [0.4, 0.5) is 0 Å². The predicted octanol–water partition coefficient (Wildman–Crippen LogP) is 2.03. The number of benzene rings is 1. The number of sulfonamides is 1. The van der Waals surface area contributed by atoms with E-state index >= 15 is 0 Å². The van der Waals surface area contributed by atoms with E-state index in [1.54, 1.807) is 31.7 Å². The molecule has 0 radical (unpaired) electrons. The van der Waals surface area contributed by atoms with Gasteiger partial charge in [-0.15, -0.1) is 0 Å². The molecule has 1 rings (SSSR count). The van der Waals surface area contributed by atoms with Gasteiger partial charge in [-0.25, -0.2) is 17.9 Å². The van der Waals surface area contributed by atoms with Crippen molar-refractivity contribution in [1.82, 2.24) is 4.72 Å². The zero-order valence-corrected chi connectivity index (χ0v) is 13.4. The molecule has 0 fully saturated rings. The first kappa shape index (κ1) is 17.0. The standard InChI is InChI=1S/C13H19NO4S2/c1-9-7-10(2)12(8-11(9)13(15)16)20(17,18)14-5-4-6-19-3/h7-8,14H,4-6H2,1-3H3,(H,15,16). The molecule has 0 heterocycles. The molecule has 112 valence electrons. The number of rotatable bonds is 7. The highest BCUT2D eigenvalue weighted by atomic mass is 32.2. The molecule has 0 aliphatic heterocycles. The Morgan fingerprint density at radius 2 is 1.95 bits per heavy atom. The smallest absolute Gasteiger partial charge is 0.335 e. The largest absolute Gasteiger partial charge is 0.478 e. The highest BCUT2D eigenvalue weighted by Crippen LogP contribution is 2.20. The second-order valence-electron chi connectivity index (χ2n) is 4.48. The molecule has 5 nitrogen and oxygen atoms in total. The lowest BCUT2D eigenvalue weighted by Crippen LogP contribution is -2.26. The second-order valence-corrected chi connectivity index (χ2v) is 7.20. The van der Waals surface area contributed by atoms with Gasteiger partial charge in [-0.1, -0.05) is 6.07 Å². The molecule has 0 saturated carbocycles. The van der Waals surface area contributed by atoms with Gasteiger partial charge < -0.3 is 5.11 Å². The van der Waals surface area contributed by atoms with Crippen molar-refractivity contribution in [3.05, 3.63) is 28.8 Å². The minimum Gasteiger partial charge on any atom is -0.478 e. The Morgan fingerprint density at radius 1 is 1.30 bits per heavy atom. The van der Waals surface area contributed by atoms with Gasteiger partial charge in [0.1, 0.15) is 0 Å². The Balaban J connectivity index is 3.05. The zero-order chi connectivity index (χ0) is 15.3. The first-order valence-electron chi connectivity index (χ1n) is 6.12. The molecule has 0 spiro atoms. The molecular formula is C13H19NO4S2. The van der Waals surface area contributed by atoms with Crippen molar-refractivity contribution in [3.8, 4) is 0 Å². The van der Waals surface area contributed by atoms with E-state index in [1.165, 1.54) is 6.07 Å². The molecule has 0 unspecified atom stereocenters. The third-order valence-electron chi connectivity index (χ3n) is 2.86. The van der Waals surface area contributed by atoms with Gasteiger partial charge in [-0.05, 0) is 49.5 Å². The highest BCUT2D eigenvalue weighted by Gasteiger charge is 2.20. The quantitative estimate of drug-likeness (QED) is 0.752. The number of carboxylic acid groups (broad SMARTS) is 1. The summed E-state index contributed by atoms with van der Waals surface area (Å²) in [6, 6.07) is 2.81. The lowest BCUT2D eigenvalue weighted by atomic mass is 10.1. The van der Waals surface area contributed by atoms with Crippen LogP contribution in [0.1, 0.15) is 27.9 Å². The van der Waals surface area contributed by atoms with Crippen molar-refractivity contribution < 1.29 is 18.3 Å². The number of aryl methyl sites for hydroxylation is 2. The van der Waals surface area contributed by atoms with Crippen molar-refractivity contribution in [2.45, 2.75) is 25.2 Å². The molecule has 1 aromatic rings. The third kappa shape index (κ3) is 4.22. The molecule has 2 N–H and O–H groups in total. The molecule has 0 aliphatic rings. The van der Waals surface area contributed by atoms with Crippen LogP contribution >= 0.6 is 11.8 Å². The fourth-order valence-corrected chi connectivity index (χ4v) is 3.61. The Hall–Kier alpha value is -1.05. The summed E-state index contributed by atoms with van der Waals surface area (Å²) < 4.78 is 26.9. The lowest BCUT2D eigenvalue weighted by molar-refractivity contribution is 0.0696. The maximum atomic E-state index is 12.2. The minimum absolute atomic E-state index is 0.0140. The number of thioether (sulfide) groups is 1. The second kappa shape index (κ2) is 7.10. The van der Waals surface area contributed by atoms with Crippen molar-refractivity contribution in [2.75, 3.05) is 18.6 Å². The summed E-state index contributed by atoms with van der Waals surface area (Å²) in [5.41, 5.74) is 1.11. The van der Waals surface area contributed by atoms with Crippen molar-refractivity contribution in [1.29, 1.82) is 0 Å². The van der Waals surface area contributed by atoms with Crippen LogP contribution in [0.25, 0.3) is 0 Å². The maximum Gasteiger partial charge on any atom is 0.335 e. The highest BCUT2D eigenvalue weighted by molar-refractivity contribution is 7.98. The van der Waals surface area contributed by atoms with Crippen molar-refractivity contribution in [2.24, 2.45) is 0 Å². The van der Waals surface area contributed by atoms with Gasteiger partial charge in [0.15, 0.2) is 0 Å². The van der Waals surface area contributed by atoms with Crippen LogP contribution in [0, 0.1) is 13.8 Å². The van der Waals surface area contributed by atoms with Crippen LogP contribution in [0.15, 0.2) is 17.0 Å². The summed E-state index contributed by atoms with van der Waals surface area (Å²) in [4.78, 5) is 11.1. The summed E-state index contributed by atoms with van der Waals surface area (Å²) in [6.07, 6.45) is 2.69. The average molecular weight is 317 g/mol. The van der Waals surface area contributed by atoms with Crippen molar-refractivity contribution in [3.63, 3.8) is 0 Å². The lowest BCUT2D eigenvalue weighted by Gasteiger charge is -2.11. The number of nitrogens with one attached hydrogen (secondary N) is 1. The summed E-state index contributed by atoms with van der Waals surface area (Å²) in [5, 5.41) is 9.07. The maximum absolute atomic E-state index is 12.2. The van der Waals surface area contributed by atoms with Gasteiger partial charge in [0.2, 0.25) is 10.0 Å². The van der Waals surface area contributed by atoms with Crippen molar-refractivity contribution >= 4 is 27.8 Å². The topological polar surface area (TPSA) is 83.5 Å². The Morgan fingerprint density at radius 3 is 2.50 bits per heavy atom. The Kier molecular flexibility index (Phi) is 6.04. The first-order valence-corrected chi connectivity index (χ1v) is 9.00. The third-order valence-corrected chi connectivity index (χ3v) is 5.16. The molecule has 0 saturated heterocycles. The minimum atomic E-state index is -3.67. The molecular weight excluding hydrogens is 298 g/mol. The first-order chi connectivity index (χ1) is 9.29. The van der Waals surface area contributed by atoms with E-state index < -0.39 is 16.0 Å². The van der Waals surface area contributed by atoms with Crippen LogP contribution in [0.3, 0.4) is 0 Å². The van der Waals surface area contributed by atoms with Gasteiger partial charge >= 0.3 is 5.97 Å². The molecule has 7 heteroatoms. The number of hydrogen-bond donors (Lipinski definition) is 2. The Labute approximate surface area is 123 Å². The fourth-order valence-electron chi connectivity index (χ4n) is 1.85. The normalized spacial score (nSPS) is 11.6. The van der Waals surface area contributed by atoms with Gasteiger partial charge in [0.05, 0.1) is 10.5 Å². The van der Waals surface area contributed by atoms with Crippen LogP contribution in [-0.2, 0) is 10.0 Å². The van der Waals surface area contributed by atoms with Gasteiger partial charge in [-0.2, -0.15) is 11.8 Å². The summed E-state index contributed by atoms with van der Waals surface area (Å²) in [5.74, 6) is -0.253. The van der Waals surface area contributed by atoms with E-state index in [0.29, 0.717) is 17.7 Å². The summed E-state index contributed by atoms with van der Waals surface area (Å²) in [6.45, 7) is 3.66. The van der Waals surface area contributed by atoms with E-state index in [9.17, 15) is 13.2 Å². The molecule has 1 aromatic carbocycles.